The molecule has 5 N–H and O–H groups in total. The molecule has 0 aliphatic carbocycles. The van der Waals surface area contributed by atoms with Gasteiger partial charge in [0, 0.05) is 5.69 Å². The fraction of sp³-hybridized carbons (Fsp3) is 0.222. The molecular formula is C9H14N6O. The lowest BCUT2D eigenvalue weighted by atomic mass is 10.3. The van der Waals surface area contributed by atoms with E-state index in [-0.39, 0.29) is 11.7 Å². The molecule has 0 spiro atoms. The van der Waals surface area contributed by atoms with Gasteiger partial charge in [-0.2, -0.15) is 5.12 Å². The number of hydrazone groups is 1. The van der Waals surface area contributed by atoms with Crippen molar-refractivity contribution in [2.24, 2.45) is 21.8 Å². The van der Waals surface area contributed by atoms with Gasteiger partial charge in [0.2, 0.25) is 5.84 Å². The van der Waals surface area contributed by atoms with Crippen molar-refractivity contribution < 1.29 is 5.21 Å². The molecule has 0 aromatic carbocycles. The molecular weight excluding hydrogens is 208 g/mol. The second kappa shape index (κ2) is 5.08. The second-order valence-electron chi connectivity index (χ2n) is 3.17. The van der Waals surface area contributed by atoms with Gasteiger partial charge in [0.05, 0.1) is 0 Å². The highest BCUT2D eigenvalue weighted by Gasteiger charge is 2.12. The summed E-state index contributed by atoms with van der Waals surface area (Å²) < 4.78 is 0. The van der Waals surface area contributed by atoms with Gasteiger partial charge < -0.3 is 10.9 Å². The van der Waals surface area contributed by atoms with E-state index < -0.39 is 0 Å². The third kappa shape index (κ3) is 2.92. The van der Waals surface area contributed by atoms with Crippen molar-refractivity contribution in [2.45, 2.75) is 13.8 Å². The third-order valence-corrected chi connectivity index (χ3v) is 1.69. The van der Waals surface area contributed by atoms with E-state index in [0.717, 1.165) is 10.8 Å². The van der Waals surface area contributed by atoms with Crippen LogP contribution in [0.4, 0.5) is 0 Å². The van der Waals surface area contributed by atoms with Gasteiger partial charge in [0.25, 0.3) is 0 Å². The van der Waals surface area contributed by atoms with E-state index in [1.165, 1.54) is 0 Å². The van der Waals surface area contributed by atoms with Crippen LogP contribution in [0.25, 0.3) is 0 Å². The highest BCUT2D eigenvalue weighted by molar-refractivity contribution is 5.96. The third-order valence-electron chi connectivity index (χ3n) is 1.69. The number of nitrogens with two attached hydrogens (primary N) is 2. The molecule has 0 saturated carbocycles. The maximum Gasteiger partial charge on any atom is 0.230 e. The molecule has 0 radical (unpaired) electrons. The molecule has 1 rings (SSSR count). The van der Waals surface area contributed by atoms with Crippen LogP contribution in [-0.4, -0.2) is 27.0 Å². The Balaban J connectivity index is 3.05. The lowest BCUT2D eigenvalue weighted by molar-refractivity contribution is 0.303. The van der Waals surface area contributed by atoms with Crippen molar-refractivity contribution in [1.29, 1.82) is 0 Å². The van der Waals surface area contributed by atoms with Crippen LogP contribution in [0, 0.1) is 6.92 Å². The number of aromatic nitrogens is 1. The summed E-state index contributed by atoms with van der Waals surface area (Å²) in [5.74, 6) is 5.81. The number of oxime groups is 1. The Kier molecular flexibility index (Phi) is 3.78. The maximum absolute atomic E-state index is 8.87. The standard InChI is InChI=1S/C9H14N6O/c1-6-4-3-5-8(12-6)9(14-16)15(11)13-7(2)10/h3-5,16H,11H2,1-2H3,(H2,10,13)/b14-9+. The molecule has 0 saturated heterocycles. The first-order chi connectivity index (χ1) is 7.54. The Labute approximate surface area is 93.0 Å². The summed E-state index contributed by atoms with van der Waals surface area (Å²) >= 11 is 0. The van der Waals surface area contributed by atoms with E-state index in [1.807, 2.05) is 13.0 Å². The molecule has 0 amide bonds. The second-order valence-corrected chi connectivity index (χ2v) is 3.17. The van der Waals surface area contributed by atoms with Crippen molar-refractivity contribution in [3.8, 4) is 0 Å². The number of nitrogens with zero attached hydrogens (tertiary/aromatic N) is 4. The van der Waals surface area contributed by atoms with Crippen LogP contribution >= 0.6 is 0 Å². The molecule has 1 heterocycles. The molecule has 0 unspecified atom stereocenters. The molecule has 7 nitrogen and oxygen atoms in total. The predicted octanol–water partition coefficient (Wildman–Crippen LogP) is -0.00638. The van der Waals surface area contributed by atoms with Gasteiger partial charge in [-0.05, 0) is 26.0 Å². The minimum absolute atomic E-state index is 0.0218. The Bertz CT molecular complexity index is 424. The number of aryl methyl sites for hydroxylation is 1. The molecule has 1 aromatic heterocycles. The Morgan fingerprint density at radius 1 is 1.50 bits per heavy atom. The van der Waals surface area contributed by atoms with E-state index in [9.17, 15) is 0 Å². The number of amidine groups is 2. The zero-order valence-electron chi connectivity index (χ0n) is 9.12. The van der Waals surface area contributed by atoms with Gasteiger partial charge in [0.15, 0.2) is 0 Å². The Morgan fingerprint density at radius 3 is 2.69 bits per heavy atom. The van der Waals surface area contributed by atoms with Crippen molar-refractivity contribution in [2.75, 3.05) is 0 Å². The number of hydrazine groups is 1. The topological polar surface area (TPSA) is 113 Å². The summed E-state index contributed by atoms with van der Waals surface area (Å²) in [6.07, 6.45) is 0. The smallest absolute Gasteiger partial charge is 0.230 e. The van der Waals surface area contributed by atoms with E-state index in [1.54, 1.807) is 19.1 Å². The zero-order valence-corrected chi connectivity index (χ0v) is 9.12. The van der Waals surface area contributed by atoms with Gasteiger partial charge in [-0.15, -0.1) is 5.10 Å². The molecule has 86 valence electrons. The molecule has 0 aliphatic heterocycles. The maximum atomic E-state index is 8.87. The molecule has 1 aromatic rings. The molecule has 0 fully saturated rings. The molecule has 0 aliphatic rings. The molecule has 0 bridgehead atoms. The van der Waals surface area contributed by atoms with Crippen LogP contribution in [-0.2, 0) is 0 Å². The summed E-state index contributed by atoms with van der Waals surface area (Å²) in [5, 5.41) is 16.5. The number of hydrogen-bond donors (Lipinski definition) is 3. The minimum Gasteiger partial charge on any atom is -0.409 e. The summed E-state index contributed by atoms with van der Waals surface area (Å²) in [4.78, 5) is 4.15. The van der Waals surface area contributed by atoms with Crippen LogP contribution in [0.15, 0.2) is 28.5 Å². The van der Waals surface area contributed by atoms with Crippen LogP contribution in [0.2, 0.25) is 0 Å². The van der Waals surface area contributed by atoms with E-state index in [2.05, 4.69) is 15.2 Å². The SMILES string of the molecule is C/C(N)=N/N(N)/C(=N/O)c1cccc(C)n1. The van der Waals surface area contributed by atoms with Crippen LogP contribution in [0.3, 0.4) is 0 Å². The number of rotatable bonds is 2. The lowest BCUT2D eigenvalue weighted by Gasteiger charge is -2.13. The lowest BCUT2D eigenvalue weighted by Crippen LogP contribution is -2.35. The van der Waals surface area contributed by atoms with Gasteiger partial charge in [0.1, 0.15) is 11.5 Å². The quantitative estimate of drug-likeness (QED) is 0.214. The summed E-state index contributed by atoms with van der Waals surface area (Å²) in [7, 11) is 0. The van der Waals surface area contributed by atoms with E-state index in [4.69, 9.17) is 16.8 Å². The fourth-order valence-corrected chi connectivity index (χ4v) is 1.10. The van der Waals surface area contributed by atoms with Gasteiger partial charge in [-0.3, -0.25) is 0 Å². The van der Waals surface area contributed by atoms with Crippen molar-refractivity contribution in [3.63, 3.8) is 0 Å². The van der Waals surface area contributed by atoms with Crippen molar-refractivity contribution >= 4 is 11.7 Å². The van der Waals surface area contributed by atoms with E-state index >= 15 is 0 Å². The van der Waals surface area contributed by atoms with Crippen LogP contribution in [0.5, 0.6) is 0 Å². The Morgan fingerprint density at radius 2 is 2.19 bits per heavy atom. The largest absolute Gasteiger partial charge is 0.409 e. The van der Waals surface area contributed by atoms with Crippen LogP contribution in [0.1, 0.15) is 18.3 Å². The van der Waals surface area contributed by atoms with Crippen LogP contribution < -0.4 is 11.6 Å². The number of hydrogen-bond acceptors (Lipinski definition) is 5. The Hall–Kier alpha value is -2.15. The summed E-state index contributed by atoms with van der Waals surface area (Å²) in [5.41, 5.74) is 6.56. The predicted molar refractivity (Wildman–Crippen MR) is 60.6 cm³/mol. The molecule has 7 heteroatoms. The van der Waals surface area contributed by atoms with Gasteiger partial charge in [-0.25, -0.2) is 10.8 Å². The monoisotopic (exact) mass is 222 g/mol. The van der Waals surface area contributed by atoms with Gasteiger partial charge in [-0.1, -0.05) is 11.2 Å². The molecule has 16 heavy (non-hydrogen) atoms. The highest BCUT2D eigenvalue weighted by Crippen LogP contribution is 2.02. The highest BCUT2D eigenvalue weighted by atomic mass is 16.4. The first-order valence-corrected chi connectivity index (χ1v) is 4.56. The van der Waals surface area contributed by atoms with Gasteiger partial charge >= 0.3 is 0 Å². The first kappa shape index (κ1) is 11.9. The summed E-state index contributed by atoms with van der Waals surface area (Å²) in [6.45, 7) is 3.38. The minimum atomic E-state index is 0.0218. The fourth-order valence-electron chi connectivity index (χ4n) is 1.10. The summed E-state index contributed by atoms with van der Waals surface area (Å²) in [6, 6.07) is 5.25. The zero-order chi connectivity index (χ0) is 12.1. The van der Waals surface area contributed by atoms with Crippen molar-refractivity contribution in [1.82, 2.24) is 10.1 Å². The average molecular weight is 222 g/mol. The first-order valence-electron chi connectivity index (χ1n) is 4.56. The average Bonchev–Trinajstić information content (AvgIpc) is 2.17. The van der Waals surface area contributed by atoms with E-state index in [0.29, 0.717) is 5.69 Å². The molecule has 0 atom stereocenters. The normalized spacial score (nSPS) is 12.7. The number of pyridine rings is 1. The van der Waals surface area contributed by atoms with Crippen molar-refractivity contribution in [3.05, 3.63) is 29.6 Å².